The molecular formula is C9H14N2O. The SMILES string of the molecule is CC1(c2ncc(CN)o2)CCC1. The normalized spacial score (nSPS) is 20.5. The van der Waals surface area contributed by atoms with Gasteiger partial charge in [0.25, 0.3) is 0 Å². The summed E-state index contributed by atoms with van der Waals surface area (Å²) in [6, 6.07) is 0. The van der Waals surface area contributed by atoms with E-state index in [9.17, 15) is 0 Å². The monoisotopic (exact) mass is 166 g/mol. The van der Waals surface area contributed by atoms with Crippen molar-refractivity contribution in [3.8, 4) is 0 Å². The zero-order valence-electron chi connectivity index (χ0n) is 7.34. The lowest BCUT2D eigenvalue weighted by molar-refractivity contribution is 0.210. The van der Waals surface area contributed by atoms with E-state index in [2.05, 4.69) is 11.9 Å². The molecule has 66 valence electrons. The van der Waals surface area contributed by atoms with Gasteiger partial charge < -0.3 is 10.2 Å². The van der Waals surface area contributed by atoms with Gasteiger partial charge in [-0.15, -0.1) is 0 Å². The molecule has 1 aliphatic carbocycles. The predicted octanol–water partition coefficient (Wildman–Crippen LogP) is 1.57. The van der Waals surface area contributed by atoms with Crippen molar-refractivity contribution in [2.45, 2.75) is 38.1 Å². The Morgan fingerprint density at radius 2 is 2.42 bits per heavy atom. The topological polar surface area (TPSA) is 52.0 Å². The number of nitrogens with zero attached hydrogens (tertiary/aromatic N) is 1. The fourth-order valence-corrected chi connectivity index (χ4v) is 1.60. The number of hydrogen-bond donors (Lipinski definition) is 1. The van der Waals surface area contributed by atoms with E-state index >= 15 is 0 Å². The van der Waals surface area contributed by atoms with Gasteiger partial charge >= 0.3 is 0 Å². The van der Waals surface area contributed by atoms with Crippen LogP contribution in [0.4, 0.5) is 0 Å². The number of nitrogens with two attached hydrogens (primary N) is 1. The molecule has 1 saturated carbocycles. The lowest BCUT2D eigenvalue weighted by Gasteiger charge is -2.34. The molecule has 1 aromatic heterocycles. The van der Waals surface area contributed by atoms with E-state index in [1.165, 1.54) is 19.3 Å². The summed E-state index contributed by atoms with van der Waals surface area (Å²) in [5.41, 5.74) is 5.63. The highest BCUT2D eigenvalue weighted by Gasteiger charge is 2.37. The minimum absolute atomic E-state index is 0.202. The van der Waals surface area contributed by atoms with Crippen LogP contribution in [0.1, 0.15) is 37.8 Å². The Morgan fingerprint density at radius 3 is 2.83 bits per heavy atom. The largest absolute Gasteiger partial charge is 0.444 e. The Morgan fingerprint density at radius 1 is 1.67 bits per heavy atom. The lowest BCUT2D eigenvalue weighted by Crippen LogP contribution is -2.30. The van der Waals surface area contributed by atoms with Crippen molar-refractivity contribution in [1.82, 2.24) is 4.98 Å². The average Bonchev–Trinajstić information content (AvgIpc) is 2.48. The van der Waals surface area contributed by atoms with Gasteiger partial charge in [-0.25, -0.2) is 4.98 Å². The maximum Gasteiger partial charge on any atom is 0.200 e. The van der Waals surface area contributed by atoms with E-state index in [1.807, 2.05) is 0 Å². The molecule has 12 heavy (non-hydrogen) atoms. The summed E-state index contributed by atoms with van der Waals surface area (Å²) in [5.74, 6) is 1.66. The van der Waals surface area contributed by atoms with Crippen LogP contribution in [-0.2, 0) is 12.0 Å². The molecular weight excluding hydrogens is 152 g/mol. The van der Waals surface area contributed by atoms with Gasteiger partial charge in [-0.1, -0.05) is 13.3 Å². The molecule has 0 aliphatic heterocycles. The van der Waals surface area contributed by atoms with Crippen LogP contribution in [0.5, 0.6) is 0 Å². The number of rotatable bonds is 2. The first kappa shape index (κ1) is 7.80. The van der Waals surface area contributed by atoms with Gasteiger partial charge in [-0.05, 0) is 12.8 Å². The summed E-state index contributed by atoms with van der Waals surface area (Å²) in [6.07, 6.45) is 5.41. The van der Waals surface area contributed by atoms with Crippen molar-refractivity contribution in [3.63, 3.8) is 0 Å². The van der Waals surface area contributed by atoms with Gasteiger partial charge in [0.1, 0.15) is 5.76 Å². The molecule has 1 aliphatic rings. The van der Waals surface area contributed by atoms with E-state index < -0.39 is 0 Å². The highest BCUT2D eigenvalue weighted by atomic mass is 16.4. The van der Waals surface area contributed by atoms with Crippen LogP contribution in [0.15, 0.2) is 10.6 Å². The van der Waals surface area contributed by atoms with Crippen LogP contribution in [-0.4, -0.2) is 4.98 Å². The minimum atomic E-state index is 0.202. The quantitative estimate of drug-likeness (QED) is 0.725. The lowest BCUT2D eigenvalue weighted by atomic mass is 9.70. The third kappa shape index (κ3) is 1.05. The first-order chi connectivity index (χ1) is 5.74. The molecule has 0 unspecified atom stereocenters. The Labute approximate surface area is 72.0 Å². The molecule has 2 N–H and O–H groups in total. The molecule has 0 spiro atoms. The minimum Gasteiger partial charge on any atom is -0.444 e. The van der Waals surface area contributed by atoms with Gasteiger partial charge in [0.15, 0.2) is 5.89 Å². The standard InChI is InChI=1S/C9H14N2O/c1-9(3-2-4-9)8-11-6-7(5-10)12-8/h6H,2-5,10H2,1H3. The van der Waals surface area contributed by atoms with Crippen molar-refractivity contribution >= 4 is 0 Å². The van der Waals surface area contributed by atoms with Gasteiger partial charge in [-0.2, -0.15) is 0 Å². The molecule has 0 atom stereocenters. The highest BCUT2D eigenvalue weighted by molar-refractivity contribution is 5.09. The summed E-state index contributed by atoms with van der Waals surface area (Å²) in [5, 5.41) is 0. The summed E-state index contributed by atoms with van der Waals surface area (Å²) >= 11 is 0. The third-order valence-corrected chi connectivity index (χ3v) is 2.73. The predicted molar refractivity (Wildman–Crippen MR) is 45.6 cm³/mol. The number of hydrogen-bond acceptors (Lipinski definition) is 3. The maximum absolute atomic E-state index is 5.50. The van der Waals surface area contributed by atoms with E-state index in [4.69, 9.17) is 10.2 Å². The summed E-state index contributed by atoms with van der Waals surface area (Å²) in [6.45, 7) is 2.64. The first-order valence-electron chi connectivity index (χ1n) is 4.40. The van der Waals surface area contributed by atoms with E-state index in [0.717, 1.165) is 11.7 Å². The Bertz CT molecular complexity index is 276. The zero-order chi connectivity index (χ0) is 8.60. The molecule has 0 amide bonds. The second-order valence-corrected chi connectivity index (χ2v) is 3.75. The maximum atomic E-state index is 5.50. The van der Waals surface area contributed by atoms with Crippen LogP contribution >= 0.6 is 0 Å². The second-order valence-electron chi connectivity index (χ2n) is 3.75. The molecule has 0 saturated heterocycles. The molecule has 1 aromatic rings. The molecule has 3 heteroatoms. The molecule has 1 heterocycles. The van der Waals surface area contributed by atoms with E-state index in [-0.39, 0.29) is 5.41 Å². The average molecular weight is 166 g/mol. The van der Waals surface area contributed by atoms with Crippen LogP contribution in [0, 0.1) is 0 Å². The van der Waals surface area contributed by atoms with Crippen molar-refractivity contribution in [1.29, 1.82) is 0 Å². The number of aromatic nitrogens is 1. The Balaban J connectivity index is 2.22. The van der Waals surface area contributed by atoms with Gasteiger partial charge in [0.05, 0.1) is 12.7 Å². The van der Waals surface area contributed by atoms with Gasteiger partial charge in [-0.3, -0.25) is 0 Å². The van der Waals surface area contributed by atoms with E-state index in [0.29, 0.717) is 6.54 Å². The van der Waals surface area contributed by atoms with Crippen LogP contribution in [0.3, 0.4) is 0 Å². The summed E-state index contributed by atoms with van der Waals surface area (Å²) in [4.78, 5) is 4.23. The summed E-state index contributed by atoms with van der Waals surface area (Å²) in [7, 11) is 0. The highest BCUT2D eigenvalue weighted by Crippen LogP contribution is 2.42. The van der Waals surface area contributed by atoms with Gasteiger partial charge in [0, 0.05) is 5.41 Å². The smallest absolute Gasteiger partial charge is 0.200 e. The molecule has 2 rings (SSSR count). The fraction of sp³-hybridized carbons (Fsp3) is 0.667. The second kappa shape index (κ2) is 2.59. The van der Waals surface area contributed by atoms with Crippen molar-refractivity contribution in [2.75, 3.05) is 0 Å². The Hall–Kier alpha value is -0.830. The molecule has 0 radical (unpaired) electrons. The van der Waals surface area contributed by atoms with Crippen LogP contribution < -0.4 is 5.73 Å². The van der Waals surface area contributed by atoms with Crippen LogP contribution in [0.25, 0.3) is 0 Å². The third-order valence-electron chi connectivity index (χ3n) is 2.73. The van der Waals surface area contributed by atoms with Gasteiger partial charge in [0.2, 0.25) is 0 Å². The molecule has 3 nitrogen and oxygen atoms in total. The molecule has 0 bridgehead atoms. The number of oxazole rings is 1. The van der Waals surface area contributed by atoms with Crippen molar-refractivity contribution < 1.29 is 4.42 Å². The van der Waals surface area contributed by atoms with E-state index in [1.54, 1.807) is 6.20 Å². The first-order valence-corrected chi connectivity index (χ1v) is 4.40. The summed E-state index contributed by atoms with van der Waals surface area (Å²) < 4.78 is 5.50. The molecule has 0 aromatic carbocycles. The van der Waals surface area contributed by atoms with Crippen molar-refractivity contribution in [2.24, 2.45) is 5.73 Å². The Kier molecular flexibility index (Phi) is 1.68. The zero-order valence-corrected chi connectivity index (χ0v) is 7.34. The van der Waals surface area contributed by atoms with Crippen LogP contribution in [0.2, 0.25) is 0 Å². The molecule has 1 fully saturated rings. The fourth-order valence-electron chi connectivity index (χ4n) is 1.60. The van der Waals surface area contributed by atoms with Crippen molar-refractivity contribution in [3.05, 3.63) is 17.8 Å².